The van der Waals surface area contributed by atoms with Gasteiger partial charge in [0, 0.05) is 23.5 Å². The van der Waals surface area contributed by atoms with Crippen molar-refractivity contribution in [3.8, 4) is 0 Å². The van der Waals surface area contributed by atoms with Gasteiger partial charge in [-0.1, -0.05) is 0 Å². The first-order chi connectivity index (χ1) is 8.75. The molecule has 3 N–H and O–H groups in total. The van der Waals surface area contributed by atoms with E-state index in [2.05, 4.69) is 5.32 Å². The van der Waals surface area contributed by atoms with Gasteiger partial charge >= 0.3 is 0 Å². The van der Waals surface area contributed by atoms with Crippen LogP contribution in [-0.2, 0) is 4.74 Å². The second-order valence-corrected chi connectivity index (χ2v) is 5.46. The van der Waals surface area contributed by atoms with Crippen molar-refractivity contribution in [2.45, 2.75) is 37.8 Å². The van der Waals surface area contributed by atoms with Crippen molar-refractivity contribution in [3.05, 3.63) is 22.4 Å². The minimum Gasteiger partial charge on any atom is -0.376 e. The molecule has 1 amide bonds. The van der Waals surface area contributed by atoms with E-state index in [0.717, 1.165) is 31.2 Å². The van der Waals surface area contributed by atoms with E-state index in [1.807, 2.05) is 16.8 Å². The van der Waals surface area contributed by atoms with E-state index < -0.39 is 0 Å². The van der Waals surface area contributed by atoms with Gasteiger partial charge < -0.3 is 15.8 Å². The molecule has 1 aromatic heterocycles. The fraction of sp³-hybridized carbons (Fsp3) is 0.615. The fourth-order valence-electron chi connectivity index (χ4n) is 2.14. The van der Waals surface area contributed by atoms with Gasteiger partial charge in [-0.25, -0.2) is 0 Å². The summed E-state index contributed by atoms with van der Waals surface area (Å²) in [5.41, 5.74) is 6.56. The summed E-state index contributed by atoms with van der Waals surface area (Å²) in [7, 11) is 0. The predicted molar refractivity (Wildman–Crippen MR) is 72.8 cm³/mol. The van der Waals surface area contributed by atoms with Crippen LogP contribution in [0.5, 0.6) is 0 Å². The predicted octanol–water partition coefficient (Wildman–Crippen LogP) is 1.76. The number of carbonyl (C=O) groups is 1. The van der Waals surface area contributed by atoms with E-state index in [9.17, 15) is 4.79 Å². The van der Waals surface area contributed by atoms with Gasteiger partial charge in [0.15, 0.2) is 0 Å². The molecular formula is C13H20N2O2S. The molecule has 2 rings (SSSR count). The Morgan fingerprint density at radius 3 is 2.89 bits per heavy atom. The molecule has 0 spiro atoms. The molecule has 0 bridgehead atoms. The summed E-state index contributed by atoms with van der Waals surface area (Å²) in [6.07, 6.45) is 4.50. The van der Waals surface area contributed by atoms with Crippen molar-refractivity contribution in [2.75, 3.05) is 13.2 Å². The Morgan fingerprint density at radius 2 is 2.22 bits per heavy atom. The summed E-state index contributed by atoms with van der Waals surface area (Å²) in [5.74, 6) is -0.0227. The second-order valence-electron chi connectivity index (χ2n) is 4.68. The monoisotopic (exact) mass is 268 g/mol. The molecule has 0 radical (unpaired) electrons. The van der Waals surface area contributed by atoms with Crippen molar-refractivity contribution in [1.82, 2.24) is 5.32 Å². The zero-order valence-corrected chi connectivity index (χ0v) is 11.2. The molecule has 0 aromatic carbocycles. The smallest absolute Gasteiger partial charge is 0.252 e. The van der Waals surface area contributed by atoms with Crippen molar-refractivity contribution in [2.24, 2.45) is 5.73 Å². The van der Waals surface area contributed by atoms with Crippen LogP contribution in [0.2, 0.25) is 0 Å². The zero-order chi connectivity index (χ0) is 12.8. The highest BCUT2D eigenvalue weighted by Gasteiger charge is 2.18. The number of nitrogens with one attached hydrogen (secondary N) is 1. The van der Waals surface area contributed by atoms with Crippen molar-refractivity contribution < 1.29 is 9.53 Å². The molecule has 0 atom stereocenters. The number of nitrogens with two attached hydrogens (primary N) is 1. The van der Waals surface area contributed by atoms with Crippen LogP contribution in [0.25, 0.3) is 0 Å². The lowest BCUT2D eigenvalue weighted by Crippen LogP contribution is -2.32. The summed E-state index contributed by atoms with van der Waals surface area (Å²) >= 11 is 1.53. The van der Waals surface area contributed by atoms with E-state index in [1.165, 1.54) is 11.3 Å². The highest BCUT2D eigenvalue weighted by Crippen LogP contribution is 2.19. The maximum absolute atomic E-state index is 11.6. The van der Waals surface area contributed by atoms with Crippen LogP contribution in [-0.4, -0.2) is 31.2 Å². The summed E-state index contributed by atoms with van der Waals surface area (Å²) in [5, 5.41) is 6.60. The van der Waals surface area contributed by atoms with Gasteiger partial charge in [-0.2, -0.15) is 11.3 Å². The Morgan fingerprint density at radius 1 is 1.44 bits per heavy atom. The van der Waals surface area contributed by atoms with E-state index in [1.54, 1.807) is 0 Å². The van der Waals surface area contributed by atoms with Crippen LogP contribution in [0.15, 0.2) is 16.8 Å². The molecule has 1 saturated carbocycles. The van der Waals surface area contributed by atoms with Gasteiger partial charge in [0.2, 0.25) is 0 Å². The molecule has 5 heteroatoms. The number of amides is 1. The average Bonchev–Trinajstić information content (AvgIpc) is 2.90. The van der Waals surface area contributed by atoms with E-state index in [4.69, 9.17) is 10.5 Å². The Balaban J connectivity index is 1.57. The van der Waals surface area contributed by atoms with Crippen LogP contribution in [0.4, 0.5) is 0 Å². The first kappa shape index (κ1) is 13.5. The van der Waals surface area contributed by atoms with E-state index in [0.29, 0.717) is 25.3 Å². The van der Waals surface area contributed by atoms with Crippen LogP contribution >= 0.6 is 11.3 Å². The lowest BCUT2D eigenvalue weighted by molar-refractivity contribution is 0.0268. The summed E-state index contributed by atoms with van der Waals surface area (Å²) < 4.78 is 5.73. The van der Waals surface area contributed by atoms with Crippen LogP contribution in [0.1, 0.15) is 36.0 Å². The number of carbonyl (C=O) groups excluding carboxylic acids is 1. The minimum atomic E-state index is -0.0227. The third-order valence-corrected chi connectivity index (χ3v) is 3.93. The van der Waals surface area contributed by atoms with E-state index in [-0.39, 0.29) is 5.91 Å². The maximum Gasteiger partial charge on any atom is 0.252 e. The van der Waals surface area contributed by atoms with Gasteiger partial charge in [-0.05, 0) is 37.1 Å². The van der Waals surface area contributed by atoms with Gasteiger partial charge in [0.05, 0.1) is 12.7 Å². The summed E-state index contributed by atoms with van der Waals surface area (Å²) in [6.45, 7) is 1.15. The topological polar surface area (TPSA) is 64.3 Å². The number of hydrogen-bond acceptors (Lipinski definition) is 4. The third-order valence-electron chi connectivity index (χ3n) is 3.24. The van der Waals surface area contributed by atoms with Gasteiger partial charge in [0.25, 0.3) is 5.91 Å². The van der Waals surface area contributed by atoms with E-state index >= 15 is 0 Å². The highest BCUT2D eigenvalue weighted by atomic mass is 32.1. The molecule has 1 aliphatic carbocycles. The lowest BCUT2D eigenvalue weighted by Gasteiger charge is -2.26. The quantitative estimate of drug-likeness (QED) is 0.800. The zero-order valence-electron chi connectivity index (χ0n) is 10.4. The van der Waals surface area contributed by atoms with Crippen LogP contribution < -0.4 is 11.1 Å². The normalized spacial score (nSPS) is 23.8. The molecule has 0 aliphatic heterocycles. The summed E-state index contributed by atoms with van der Waals surface area (Å²) in [6, 6.07) is 2.17. The summed E-state index contributed by atoms with van der Waals surface area (Å²) in [4.78, 5) is 11.6. The number of thiophene rings is 1. The van der Waals surface area contributed by atoms with Gasteiger partial charge in [-0.3, -0.25) is 4.79 Å². The largest absolute Gasteiger partial charge is 0.376 e. The Kier molecular flexibility index (Phi) is 5.16. The molecule has 100 valence electrons. The Bertz CT molecular complexity index is 359. The second kappa shape index (κ2) is 6.87. The van der Waals surface area contributed by atoms with Crippen molar-refractivity contribution >= 4 is 17.2 Å². The fourth-order valence-corrected chi connectivity index (χ4v) is 2.78. The SMILES string of the molecule is NC1CCC(OCCNC(=O)c2ccsc2)CC1. The maximum atomic E-state index is 11.6. The lowest BCUT2D eigenvalue weighted by atomic mass is 9.94. The number of ether oxygens (including phenoxy) is 1. The molecule has 1 aromatic rings. The molecule has 0 unspecified atom stereocenters. The molecule has 4 nitrogen and oxygen atoms in total. The van der Waals surface area contributed by atoms with Crippen molar-refractivity contribution in [3.63, 3.8) is 0 Å². The number of hydrogen-bond donors (Lipinski definition) is 2. The molecule has 18 heavy (non-hydrogen) atoms. The standard InChI is InChI=1S/C13H20N2O2S/c14-11-1-3-12(4-2-11)17-7-6-15-13(16)10-5-8-18-9-10/h5,8-9,11-12H,1-4,6-7,14H2,(H,15,16). The first-order valence-corrected chi connectivity index (χ1v) is 7.37. The van der Waals surface area contributed by atoms with Gasteiger partial charge in [-0.15, -0.1) is 0 Å². The molecule has 1 fully saturated rings. The van der Waals surface area contributed by atoms with Gasteiger partial charge in [0.1, 0.15) is 0 Å². The Labute approximate surface area is 112 Å². The average molecular weight is 268 g/mol. The Hall–Kier alpha value is -0.910. The number of rotatable bonds is 5. The molecule has 0 saturated heterocycles. The third kappa shape index (κ3) is 4.08. The van der Waals surface area contributed by atoms with Crippen molar-refractivity contribution in [1.29, 1.82) is 0 Å². The van der Waals surface area contributed by atoms with Crippen LogP contribution in [0.3, 0.4) is 0 Å². The molecular weight excluding hydrogens is 248 g/mol. The highest BCUT2D eigenvalue weighted by molar-refractivity contribution is 7.08. The molecule has 1 heterocycles. The first-order valence-electron chi connectivity index (χ1n) is 6.43. The molecule has 1 aliphatic rings. The minimum absolute atomic E-state index is 0.0227. The van der Waals surface area contributed by atoms with Crippen LogP contribution in [0, 0.1) is 0 Å².